The van der Waals surface area contributed by atoms with E-state index in [1.54, 1.807) is 30.0 Å². The van der Waals surface area contributed by atoms with Crippen LogP contribution in [0.5, 0.6) is 5.75 Å². The highest BCUT2D eigenvalue weighted by Gasteiger charge is 2.11. The fourth-order valence-electron chi connectivity index (χ4n) is 2.71. The summed E-state index contributed by atoms with van der Waals surface area (Å²) in [5.74, 6) is 1.76. The quantitative estimate of drug-likeness (QED) is 0.581. The first-order chi connectivity index (χ1) is 13.2. The zero-order valence-corrected chi connectivity index (χ0v) is 14.3. The second kappa shape index (κ2) is 6.65. The van der Waals surface area contributed by atoms with E-state index in [0.717, 1.165) is 5.69 Å². The number of hydrogen-bond acceptors (Lipinski definition) is 6. The number of fused-ring (bicyclic) bond motifs is 1. The average molecular weight is 358 g/mol. The van der Waals surface area contributed by atoms with E-state index in [9.17, 15) is 4.79 Å². The molecular weight excluding hydrogens is 344 g/mol. The first-order valence-electron chi connectivity index (χ1n) is 8.06. The maximum Gasteiger partial charge on any atom is 0.273 e. The lowest BCUT2D eigenvalue weighted by molar-refractivity contribution is 0.414. The van der Waals surface area contributed by atoms with Crippen LogP contribution in [-0.4, -0.2) is 26.9 Å². The molecule has 2 N–H and O–H groups in total. The molecule has 0 aliphatic rings. The monoisotopic (exact) mass is 358 g/mol. The molecule has 27 heavy (non-hydrogen) atoms. The maximum atomic E-state index is 12.3. The van der Waals surface area contributed by atoms with Crippen LogP contribution in [0.2, 0.25) is 0 Å². The number of H-pyrrole nitrogens is 1. The third-order valence-electron chi connectivity index (χ3n) is 4.04. The molecule has 0 amide bonds. The molecule has 0 aliphatic carbocycles. The van der Waals surface area contributed by atoms with Crippen molar-refractivity contribution in [3.63, 3.8) is 0 Å². The summed E-state index contributed by atoms with van der Waals surface area (Å²) in [4.78, 5) is 20.7. The molecular formula is C19H14N6O2. The summed E-state index contributed by atoms with van der Waals surface area (Å²) in [6.45, 7) is 0. The molecule has 0 fully saturated rings. The van der Waals surface area contributed by atoms with E-state index < -0.39 is 0 Å². The maximum absolute atomic E-state index is 12.3. The van der Waals surface area contributed by atoms with Crippen molar-refractivity contribution in [3.05, 3.63) is 70.8 Å². The minimum atomic E-state index is -0.233. The van der Waals surface area contributed by atoms with Gasteiger partial charge in [0.15, 0.2) is 0 Å². The van der Waals surface area contributed by atoms with E-state index in [1.165, 1.54) is 12.4 Å². The third kappa shape index (κ3) is 3.09. The van der Waals surface area contributed by atoms with E-state index in [4.69, 9.17) is 10.00 Å². The fourth-order valence-corrected chi connectivity index (χ4v) is 2.71. The molecule has 0 unspecified atom stereocenters. The number of ether oxygens (including phenoxy) is 1. The Kier molecular flexibility index (Phi) is 4.03. The number of rotatable bonds is 4. The van der Waals surface area contributed by atoms with Crippen molar-refractivity contribution < 1.29 is 4.74 Å². The van der Waals surface area contributed by atoms with Crippen LogP contribution in [0.15, 0.2) is 59.7 Å². The Hall–Kier alpha value is -4.12. The van der Waals surface area contributed by atoms with Crippen LogP contribution < -0.4 is 15.6 Å². The van der Waals surface area contributed by atoms with Crippen molar-refractivity contribution in [1.82, 2.24) is 19.7 Å². The van der Waals surface area contributed by atoms with E-state index in [1.807, 2.05) is 30.3 Å². The van der Waals surface area contributed by atoms with Gasteiger partial charge in [0.1, 0.15) is 23.5 Å². The first-order valence-corrected chi connectivity index (χ1v) is 8.06. The standard InChI is InChI=1S/C19H14N6O2/c1-27-14-4-2-3-13(7-14)25-16-8-18(22-11-15(16)19(26)24-25)23-17-6-5-12(9-20)10-21-17/h2-8,10-11H,1H3,(H,24,26)(H,21,22,23). The van der Waals surface area contributed by atoms with Crippen LogP contribution in [0.3, 0.4) is 0 Å². The van der Waals surface area contributed by atoms with E-state index >= 15 is 0 Å². The van der Waals surface area contributed by atoms with Crippen molar-refractivity contribution >= 4 is 22.5 Å². The Labute approximate surface area is 153 Å². The zero-order chi connectivity index (χ0) is 18.8. The van der Waals surface area contributed by atoms with Gasteiger partial charge in [-0.3, -0.25) is 14.6 Å². The number of anilines is 2. The molecule has 0 saturated heterocycles. The summed E-state index contributed by atoms with van der Waals surface area (Å²) in [5.41, 5.74) is 1.67. The van der Waals surface area contributed by atoms with Gasteiger partial charge in [-0.05, 0) is 24.3 Å². The normalized spacial score (nSPS) is 10.5. The minimum Gasteiger partial charge on any atom is -0.497 e. The molecule has 0 atom stereocenters. The van der Waals surface area contributed by atoms with E-state index in [-0.39, 0.29) is 5.56 Å². The summed E-state index contributed by atoms with van der Waals surface area (Å²) >= 11 is 0. The summed E-state index contributed by atoms with van der Waals surface area (Å²) in [6, 6.07) is 14.5. The Morgan fingerprint density at radius 2 is 2.00 bits per heavy atom. The van der Waals surface area contributed by atoms with Gasteiger partial charge >= 0.3 is 0 Å². The number of aromatic nitrogens is 4. The molecule has 0 aliphatic heterocycles. The van der Waals surface area contributed by atoms with Gasteiger partial charge in [0.25, 0.3) is 5.56 Å². The second-order valence-corrected chi connectivity index (χ2v) is 5.73. The van der Waals surface area contributed by atoms with Crippen LogP contribution in [0.25, 0.3) is 16.6 Å². The van der Waals surface area contributed by atoms with Crippen molar-refractivity contribution in [2.24, 2.45) is 0 Å². The van der Waals surface area contributed by atoms with Crippen molar-refractivity contribution in [2.45, 2.75) is 0 Å². The highest BCUT2D eigenvalue weighted by Crippen LogP contribution is 2.22. The van der Waals surface area contributed by atoms with Gasteiger partial charge in [-0.2, -0.15) is 5.26 Å². The van der Waals surface area contributed by atoms with E-state index in [2.05, 4.69) is 20.4 Å². The molecule has 3 aromatic heterocycles. The number of benzene rings is 1. The van der Waals surface area contributed by atoms with Gasteiger partial charge in [-0.1, -0.05) is 6.07 Å². The molecule has 132 valence electrons. The molecule has 4 rings (SSSR count). The zero-order valence-electron chi connectivity index (χ0n) is 14.3. The molecule has 0 radical (unpaired) electrons. The SMILES string of the molecule is COc1cccc(-n2[nH]c(=O)c3cnc(Nc4ccc(C#N)cn4)cc32)c1. The van der Waals surface area contributed by atoms with Gasteiger partial charge in [0, 0.05) is 24.5 Å². The lowest BCUT2D eigenvalue weighted by Crippen LogP contribution is -2.03. The Bertz CT molecular complexity index is 1220. The van der Waals surface area contributed by atoms with Crippen LogP contribution in [0.4, 0.5) is 11.6 Å². The largest absolute Gasteiger partial charge is 0.497 e. The Morgan fingerprint density at radius 1 is 1.15 bits per heavy atom. The smallest absolute Gasteiger partial charge is 0.273 e. The number of pyridine rings is 2. The highest BCUT2D eigenvalue weighted by molar-refractivity contribution is 5.82. The molecule has 8 heteroatoms. The van der Waals surface area contributed by atoms with E-state index in [0.29, 0.717) is 33.9 Å². The molecule has 0 spiro atoms. The molecule has 0 saturated carbocycles. The van der Waals surface area contributed by atoms with Crippen LogP contribution in [-0.2, 0) is 0 Å². The number of aromatic amines is 1. The predicted octanol–water partition coefficient (Wildman–Crippen LogP) is 2.73. The third-order valence-corrected chi connectivity index (χ3v) is 4.04. The molecule has 4 aromatic rings. The summed E-state index contributed by atoms with van der Waals surface area (Å²) < 4.78 is 6.94. The molecule has 1 aromatic carbocycles. The number of nitrogens with one attached hydrogen (secondary N) is 2. The van der Waals surface area contributed by atoms with Gasteiger partial charge in [-0.25, -0.2) is 9.97 Å². The summed E-state index contributed by atoms with van der Waals surface area (Å²) in [5, 5.41) is 15.2. The summed E-state index contributed by atoms with van der Waals surface area (Å²) in [6.07, 6.45) is 2.99. The van der Waals surface area contributed by atoms with Crippen LogP contribution in [0.1, 0.15) is 5.56 Å². The van der Waals surface area contributed by atoms with Crippen molar-refractivity contribution in [2.75, 3.05) is 12.4 Å². The van der Waals surface area contributed by atoms with Crippen molar-refractivity contribution in [3.8, 4) is 17.5 Å². The summed E-state index contributed by atoms with van der Waals surface area (Å²) in [7, 11) is 1.59. The number of hydrogen-bond donors (Lipinski definition) is 2. The second-order valence-electron chi connectivity index (χ2n) is 5.73. The fraction of sp³-hybridized carbons (Fsp3) is 0.0526. The predicted molar refractivity (Wildman–Crippen MR) is 100 cm³/mol. The van der Waals surface area contributed by atoms with Gasteiger partial charge in [0.2, 0.25) is 0 Å². The lowest BCUT2D eigenvalue weighted by Gasteiger charge is -2.08. The average Bonchev–Trinajstić information content (AvgIpc) is 3.04. The van der Waals surface area contributed by atoms with Gasteiger partial charge in [-0.15, -0.1) is 0 Å². The topological polar surface area (TPSA) is 109 Å². The molecule has 3 heterocycles. The van der Waals surface area contributed by atoms with Gasteiger partial charge in [0.05, 0.1) is 29.3 Å². The van der Waals surface area contributed by atoms with Gasteiger partial charge < -0.3 is 10.1 Å². The Balaban J connectivity index is 1.76. The number of methoxy groups -OCH3 is 1. The lowest BCUT2D eigenvalue weighted by atomic mass is 10.2. The molecule has 8 nitrogen and oxygen atoms in total. The van der Waals surface area contributed by atoms with Crippen LogP contribution in [0, 0.1) is 11.3 Å². The van der Waals surface area contributed by atoms with Crippen LogP contribution >= 0.6 is 0 Å². The number of nitrogens with zero attached hydrogens (tertiary/aromatic N) is 4. The Morgan fingerprint density at radius 3 is 2.74 bits per heavy atom. The highest BCUT2D eigenvalue weighted by atomic mass is 16.5. The van der Waals surface area contributed by atoms with Crippen molar-refractivity contribution in [1.29, 1.82) is 5.26 Å². The number of nitriles is 1. The first kappa shape index (κ1) is 16.4. The minimum absolute atomic E-state index is 0.233. The molecule has 0 bridgehead atoms.